The zero-order chi connectivity index (χ0) is 14.8. The second-order valence-electron chi connectivity index (χ2n) is 5.65. The Labute approximate surface area is 123 Å². The van der Waals surface area contributed by atoms with Crippen LogP contribution in [0.5, 0.6) is 5.75 Å². The predicted octanol–water partition coefficient (Wildman–Crippen LogP) is 3.00. The van der Waals surface area contributed by atoms with E-state index in [1.807, 2.05) is 39.0 Å². The van der Waals surface area contributed by atoms with E-state index in [9.17, 15) is 4.79 Å². The van der Waals surface area contributed by atoms with E-state index in [4.69, 9.17) is 15.2 Å². The molecular formula is C14H20N2O3S. The number of fused-ring (bicyclic) bond motifs is 1. The highest BCUT2D eigenvalue weighted by atomic mass is 32.2. The minimum atomic E-state index is -0.503. The summed E-state index contributed by atoms with van der Waals surface area (Å²) >= 11 is 1.21. The number of nitrogens with two attached hydrogens (primary N) is 1. The monoisotopic (exact) mass is 296 g/mol. The zero-order valence-electron chi connectivity index (χ0n) is 11.9. The van der Waals surface area contributed by atoms with Crippen LogP contribution in [0.1, 0.15) is 38.8 Å². The number of carbonyl (C=O) groups is 1. The number of ether oxygens (including phenoxy) is 2. The summed E-state index contributed by atoms with van der Waals surface area (Å²) in [5, 5.41) is 0. The van der Waals surface area contributed by atoms with Crippen LogP contribution in [0.25, 0.3) is 0 Å². The Balaban J connectivity index is 1.97. The molecule has 1 atom stereocenters. The highest BCUT2D eigenvalue weighted by Crippen LogP contribution is 2.33. The topological polar surface area (TPSA) is 73.6 Å². The maximum atomic E-state index is 11.6. The van der Waals surface area contributed by atoms with Crippen molar-refractivity contribution < 1.29 is 14.3 Å². The first-order valence-electron chi connectivity index (χ1n) is 6.53. The first-order valence-corrected chi connectivity index (χ1v) is 7.35. The van der Waals surface area contributed by atoms with Crippen molar-refractivity contribution in [3.8, 4) is 5.75 Å². The van der Waals surface area contributed by atoms with Gasteiger partial charge in [-0.1, -0.05) is 0 Å². The summed E-state index contributed by atoms with van der Waals surface area (Å²) in [5.74, 6) is 0.824. The fourth-order valence-corrected chi connectivity index (χ4v) is 2.43. The van der Waals surface area contributed by atoms with Gasteiger partial charge in [-0.3, -0.25) is 4.72 Å². The van der Waals surface area contributed by atoms with Gasteiger partial charge < -0.3 is 15.2 Å². The molecule has 0 fully saturated rings. The quantitative estimate of drug-likeness (QED) is 0.821. The van der Waals surface area contributed by atoms with Crippen molar-refractivity contribution in [3.05, 3.63) is 23.8 Å². The lowest BCUT2D eigenvalue weighted by molar-refractivity contribution is 0.0574. The number of nitrogens with one attached hydrogen (secondary N) is 1. The molecule has 1 aromatic rings. The van der Waals surface area contributed by atoms with Crippen LogP contribution >= 0.6 is 11.9 Å². The van der Waals surface area contributed by atoms with Gasteiger partial charge in [-0.15, -0.1) is 0 Å². The van der Waals surface area contributed by atoms with Crippen molar-refractivity contribution in [2.75, 3.05) is 6.61 Å². The first kappa shape index (κ1) is 15.0. The van der Waals surface area contributed by atoms with E-state index in [1.165, 1.54) is 11.9 Å². The number of hydrogen-bond donors (Lipinski definition) is 2. The molecule has 6 heteroatoms. The fourth-order valence-electron chi connectivity index (χ4n) is 1.86. The summed E-state index contributed by atoms with van der Waals surface area (Å²) in [7, 11) is 0. The maximum Gasteiger partial charge on any atom is 0.418 e. The van der Waals surface area contributed by atoms with E-state index in [0.717, 1.165) is 22.6 Å². The zero-order valence-corrected chi connectivity index (χ0v) is 12.8. The normalized spacial score (nSPS) is 17.9. The maximum absolute atomic E-state index is 11.6. The van der Waals surface area contributed by atoms with E-state index in [-0.39, 0.29) is 6.04 Å². The van der Waals surface area contributed by atoms with Gasteiger partial charge in [0.15, 0.2) is 0 Å². The third-order valence-corrected chi connectivity index (χ3v) is 3.48. The van der Waals surface area contributed by atoms with Gasteiger partial charge in [0.2, 0.25) is 0 Å². The van der Waals surface area contributed by atoms with Gasteiger partial charge in [0, 0.05) is 22.9 Å². The molecule has 3 N–H and O–H groups in total. The van der Waals surface area contributed by atoms with Crippen LogP contribution in [-0.4, -0.2) is 18.3 Å². The van der Waals surface area contributed by atoms with Crippen LogP contribution in [0, 0.1) is 0 Å². The molecule has 1 aliphatic rings. The van der Waals surface area contributed by atoms with Crippen LogP contribution in [-0.2, 0) is 4.74 Å². The predicted molar refractivity (Wildman–Crippen MR) is 78.7 cm³/mol. The third-order valence-electron chi connectivity index (χ3n) is 2.72. The summed E-state index contributed by atoms with van der Waals surface area (Å²) in [5.41, 5.74) is 6.53. The SMILES string of the molecule is CC(C)(C)OC(=O)NSc1ccc2c(c1)C(N)CCO2. The molecule has 0 spiro atoms. The standard InChI is InChI=1S/C14H20N2O3S/c1-14(2,3)19-13(17)16-20-9-4-5-12-10(8-9)11(15)6-7-18-12/h4-5,8,11H,6-7,15H2,1-3H3,(H,16,17). The Hall–Kier alpha value is -1.40. The van der Waals surface area contributed by atoms with E-state index >= 15 is 0 Å². The van der Waals surface area contributed by atoms with Crippen molar-refractivity contribution >= 4 is 18.0 Å². The van der Waals surface area contributed by atoms with Crippen LogP contribution < -0.4 is 15.2 Å². The van der Waals surface area contributed by atoms with Crippen molar-refractivity contribution in [2.45, 2.75) is 43.7 Å². The number of rotatable bonds is 2. The van der Waals surface area contributed by atoms with Gasteiger partial charge in [0.25, 0.3) is 0 Å². The Morgan fingerprint density at radius 3 is 2.95 bits per heavy atom. The first-order chi connectivity index (χ1) is 9.35. The Morgan fingerprint density at radius 1 is 1.50 bits per heavy atom. The van der Waals surface area contributed by atoms with Gasteiger partial charge >= 0.3 is 6.09 Å². The fraction of sp³-hybridized carbons (Fsp3) is 0.500. The summed E-state index contributed by atoms with van der Waals surface area (Å²) in [6.07, 6.45) is 0.349. The largest absolute Gasteiger partial charge is 0.493 e. The summed E-state index contributed by atoms with van der Waals surface area (Å²) in [6, 6.07) is 5.70. The van der Waals surface area contributed by atoms with Crippen molar-refractivity contribution in [1.29, 1.82) is 0 Å². The lowest BCUT2D eigenvalue weighted by Gasteiger charge is -2.23. The molecule has 0 radical (unpaired) electrons. The third kappa shape index (κ3) is 4.05. The highest BCUT2D eigenvalue weighted by Gasteiger charge is 2.19. The Bertz CT molecular complexity index is 500. The molecule has 0 saturated heterocycles. The molecule has 0 aliphatic carbocycles. The number of carbonyl (C=O) groups excluding carboxylic acids is 1. The lowest BCUT2D eigenvalue weighted by atomic mass is 10.0. The summed E-state index contributed by atoms with van der Waals surface area (Å²) in [6.45, 7) is 6.13. The molecule has 1 amide bonds. The van der Waals surface area contributed by atoms with E-state index in [0.29, 0.717) is 6.61 Å². The van der Waals surface area contributed by atoms with Gasteiger partial charge in [-0.25, -0.2) is 4.79 Å². The molecule has 0 saturated carbocycles. The average Bonchev–Trinajstić information content (AvgIpc) is 2.35. The van der Waals surface area contributed by atoms with E-state index in [2.05, 4.69) is 4.72 Å². The van der Waals surface area contributed by atoms with Crippen LogP contribution in [0.15, 0.2) is 23.1 Å². The molecule has 0 aromatic heterocycles. The molecule has 20 heavy (non-hydrogen) atoms. The highest BCUT2D eigenvalue weighted by molar-refractivity contribution is 7.98. The lowest BCUT2D eigenvalue weighted by Crippen LogP contribution is -2.29. The number of hydrogen-bond acceptors (Lipinski definition) is 5. The van der Waals surface area contributed by atoms with Gasteiger partial charge in [0.05, 0.1) is 6.61 Å². The minimum absolute atomic E-state index is 0.0131. The van der Waals surface area contributed by atoms with Crippen LogP contribution in [0.2, 0.25) is 0 Å². The Morgan fingerprint density at radius 2 is 2.25 bits per heavy atom. The summed E-state index contributed by atoms with van der Waals surface area (Å²) < 4.78 is 13.4. The molecule has 110 valence electrons. The van der Waals surface area contributed by atoms with Gasteiger partial charge in [0.1, 0.15) is 11.4 Å². The average molecular weight is 296 g/mol. The molecule has 1 aliphatic heterocycles. The molecule has 1 aromatic carbocycles. The number of benzene rings is 1. The molecule has 1 heterocycles. The van der Waals surface area contributed by atoms with Crippen molar-refractivity contribution in [2.24, 2.45) is 5.73 Å². The van der Waals surface area contributed by atoms with Gasteiger partial charge in [-0.2, -0.15) is 0 Å². The van der Waals surface area contributed by atoms with Crippen LogP contribution in [0.3, 0.4) is 0 Å². The molecule has 0 bridgehead atoms. The molecule has 1 unspecified atom stereocenters. The van der Waals surface area contributed by atoms with E-state index in [1.54, 1.807) is 0 Å². The van der Waals surface area contributed by atoms with Gasteiger partial charge in [-0.05, 0) is 50.9 Å². The number of amides is 1. The molecule has 5 nitrogen and oxygen atoms in total. The Kier molecular flexibility index (Phi) is 4.45. The molecular weight excluding hydrogens is 276 g/mol. The smallest absolute Gasteiger partial charge is 0.418 e. The van der Waals surface area contributed by atoms with Crippen LogP contribution in [0.4, 0.5) is 4.79 Å². The van der Waals surface area contributed by atoms with Crippen molar-refractivity contribution in [3.63, 3.8) is 0 Å². The second kappa shape index (κ2) is 5.93. The summed E-state index contributed by atoms with van der Waals surface area (Å²) in [4.78, 5) is 12.5. The van der Waals surface area contributed by atoms with E-state index < -0.39 is 11.7 Å². The van der Waals surface area contributed by atoms with Crippen molar-refractivity contribution in [1.82, 2.24) is 4.72 Å². The molecule has 2 rings (SSSR count). The minimum Gasteiger partial charge on any atom is -0.493 e. The second-order valence-corrected chi connectivity index (χ2v) is 6.53.